The second kappa shape index (κ2) is 9.86. The summed E-state index contributed by atoms with van der Waals surface area (Å²) in [7, 11) is 0. The predicted molar refractivity (Wildman–Crippen MR) is 82.0 cm³/mol. The lowest BCUT2D eigenvalue weighted by atomic mass is 9.79. The molecule has 22 heteroatoms. The molecule has 0 radical (unpaired) electrons. The van der Waals surface area contributed by atoms with E-state index in [-0.39, 0.29) is 0 Å². The molecule has 0 saturated carbocycles. The maximum absolute atomic E-state index is 14.3. The van der Waals surface area contributed by atoms with Crippen molar-refractivity contribution in [2.24, 2.45) is 5.92 Å². The Morgan fingerprint density at radius 2 is 0.684 bits per heavy atom. The minimum atomic E-state index is -7.90. The van der Waals surface area contributed by atoms with Crippen LogP contribution in [-0.4, -0.2) is 82.7 Å². The standard InChI is InChI=1S/C16H14F20O2/c1-7(17,18)13(29,30)16(35,36)12(27,28)6(2-8(19,20)14(31,32)10(23,24)4-37)3-9(21,22)15(33,34)11(25,26)5-38/h6,37-38H,2-5H2,1H3. The zero-order valence-corrected chi connectivity index (χ0v) is 17.9. The van der Waals surface area contributed by atoms with E-state index in [1.54, 1.807) is 0 Å². The topological polar surface area (TPSA) is 40.5 Å². The Morgan fingerprint density at radius 1 is 0.421 bits per heavy atom. The van der Waals surface area contributed by atoms with Gasteiger partial charge in [-0.15, -0.1) is 0 Å². The van der Waals surface area contributed by atoms with Gasteiger partial charge in [0.1, 0.15) is 13.2 Å². The SMILES string of the molecule is CC(F)(F)C(F)(F)C(F)(F)C(F)(F)C(CC(F)(F)C(F)(F)C(F)(F)CO)CC(F)(F)C(F)(F)C(F)(F)CO. The first-order valence-electron chi connectivity index (χ1n) is 9.18. The Hall–Kier alpha value is -1.48. The van der Waals surface area contributed by atoms with Gasteiger partial charge < -0.3 is 10.2 Å². The van der Waals surface area contributed by atoms with Crippen molar-refractivity contribution in [1.29, 1.82) is 0 Å². The second-order valence-corrected chi connectivity index (χ2v) is 8.05. The van der Waals surface area contributed by atoms with E-state index < -0.39 is 98.1 Å². The molecule has 0 aromatic carbocycles. The third-order valence-corrected chi connectivity index (χ3v) is 5.12. The van der Waals surface area contributed by atoms with Crippen LogP contribution in [0.4, 0.5) is 87.8 Å². The Kier molecular flexibility index (Phi) is 9.48. The molecule has 0 atom stereocenters. The number of halogens is 20. The molecule has 0 saturated heterocycles. The van der Waals surface area contributed by atoms with Crippen LogP contribution in [-0.2, 0) is 0 Å². The molecule has 0 aliphatic rings. The molecule has 0 bridgehead atoms. The summed E-state index contributed by atoms with van der Waals surface area (Å²) < 4.78 is 271. The van der Waals surface area contributed by atoms with Gasteiger partial charge in [-0.25, -0.2) is 0 Å². The van der Waals surface area contributed by atoms with Gasteiger partial charge in [-0.3, -0.25) is 0 Å². The molecule has 0 fully saturated rings. The molecule has 0 amide bonds. The summed E-state index contributed by atoms with van der Waals surface area (Å²) in [5, 5.41) is 16.2. The van der Waals surface area contributed by atoms with E-state index >= 15 is 0 Å². The molecule has 0 rings (SSSR count). The fourth-order valence-electron chi connectivity index (χ4n) is 2.68. The first kappa shape index (κ1) is 36.5. The van der Waals surface area contributed by atoms with Gasteiger partial charge in [-0.05, 0) is 0 Å². The van der Waals surface area contributed by atoms with E-state index in [0.717, 1.165) is 0 Å². The van der Waals surface area contributed by atoms with Gasteiger partial charge >= 0.3 is 59.2 Å². The van der Waals surface area contributed by atoms with Crippen LogP contribution in [0, 0.1) is 5.92 Å². The molecule has 230 valence electrons. The molecule has 0 aliphatic carbocycles. The largest absolute Gasteiger partial charge is 0.390 e. The van der Waals surface area contributed by atoms with Crippen LogP contribution in [0.2, 0.25) is 0 Å². The van der Waals surface area contributed by atoms with Crippen molar-refractivity contribution in [3.8, 4) is 0 Å². The predicted octanol–water partition coefficient (Wildman–Crippen LogP) is 6.74. The van der Waals surface area contributed by atoms with Crippen LogP contribution in [0.5, 0.6) is 0 Å². The minimum absolute atomic E-state index is 1.24. The summed E-state index contributed by atoms with van der Waals surface area (Å²) in [5.41, 5.74) is 0. The normalized spacial score (nSPS) is 16.4. The molecule has 0 heterocycles. The van der Waals surface area contributed by atoms with Crippen LogP contribution in [0.15, 0.2) is 0 Å². The van der Waals surface area contributed by atoms with E-state index in [1.807, 2.05) is 0 Å². The third kappa shape index (κ3) is 5.56. The van der Waals surface area contributed by atoms with Crippen molar-refractivity contribution < 1.29 is 98.0 Å². The lowest BCUT2D eigenvalue weighted by Crippen LogP contribution is -2.66. The van der Waals surface area contributed by atoms with Crippen LogP contribution in [0.1, 0.15) is 19.8 Å². The van der Waals surface area contributed by atoms with Crippen LogP contribution < -0.4 is 0 Å². The van der Waals surface area contributed by atoms with Gasteiger partial charge in [0.25, 0.3) is 0 Å². The highest BCUT2D eigenvalue weighted by molar-refractivity contribution is 5.09. The highest BCUT2D eigenvalue weighted by Gasteiger charge is 2.83. The number of alkyl halides is 20. The van der Waals surface area contributed by atoms with E-state index in [2.05, 4.69) is 0 Å². The lowest BCUT2D eigenvalue weighted by molar-refractivity contribution is -0.386. The summed E-state index contributed by atoms with van der Waals surface area (Å²) in [6.07, 6.45) is -8.69. The van der Waals surface area contributed by atoms with Crippen LogP contribution in [0.25, 0.3) is 0 Å². The van der Waals surface area contributed by atoms with Crippen molar-refractivity contribution in [3.63, 3.8) is 0 Å². The molecule has 0 aliphatic heterocycles. The summed E-state index contributed by atoms with van der Waals surface area (Å²) in [5.74, 6) is -76.5. The summed E-state index contributed by atoms with van der Waals surface area (Å²) in [6.45, 7) is -7.84. The molecular formula is C16H14F20O2. The van der Waals surface area contributed by atoms with Crippen molar-refractivity contribution in [2.45, 2.75) is 79.0 Å². The number of hydrogen-bond donors (Lipinski definition) is 2. The quantitative estimate of drug-likeness (QED) is 0.212. The van der Waals surface area contributed by atoms with E-state index in [1.165, 1.54) is 0 Å². The number of aliphatic hydroxyl groups is 2. The zero-order valence-electron chi connectivity index (χ0n) is 17.9. The molecule has 38 heavy (non-hydrogen) atoms. The molecule has 2 nitrogen and oxygen atoms in total. The first-order chi connectivity index (χ1) is 16.2. The highest BCUT2D eigenvalue weighted by atomic mass is 19.4. The third-order valence-electron chi connectivity index (χ3n) is 5.12. The average Bonchev–Trinajstić information content (AvgIpc) is 2.71. The summed E-state index contributed by atoms with van der Waals surface area (Å²) in [6, 6.07) is 0. The smallest absolute Gasteiger partial charge is 0.378 e. The highest BCUT2D eigenvalue weighted by Crippen LogP contribution is 2.60. The van der Waals surface area contributed by atoms with Gasteiger partial charge in [-0.1, -0.05) is 0 Å². The fraction of sp³-hybridized carbons (Fsp3) is 1.00. The Labute approximate surface area is 197 Å². The number of rotatable bonds is 14. The maximum atomic E-state index is 14.3. The van der Waals surface area contributed by atoms with E-state index in [4.69, 9.17) is 10.2 Å². The van der Waals surface area contributed by atoms with Crippen LogP contribution >= 0.6 is 0 Å². The van der Waals surface area contributed by atoms with Crippen molar-refractivity contribution in [2.75, 3.05) is 13.2 Å². The summed E-state index contributed by atoms with van der Waals surface area (Å²) >= 11 is 0. The zero-order chi connectivity index (χ0) is 31.4. The molecule has 0 aromatic heterocycles. The van der Waals surface area contributed by atoms with Gasteiger partial charge in [0.15, 0.2) is 0 Å². The van der Waals surface area contributed by atoms with E-state index in [0.29, 0.717) is 0 Å². The van der Waals surface area contributed by atoms with Gasteiger partial charge in [0.05, 0.1) is 0 Å². The number of hydrogen-bond acceptors (Lipinski definition) is 2. The van der Waals surface area contributed by atoms with Gasteiger partial charge in [-0.2, -0.15) is 87.8 Å². The molecule has 0 spiro atoms. The summed E-state index contributed by atoms with van der Waals surface area (Å²) in [4.78, 5) is 0. The monoisotopic (exact) mass is 618 g/mol. The Balaban J connectivity index is 7.21. The Morgan fingerprint density at radius 3 is 0.895 bits per heavy atom. The molecule has 0 unspecified atom stereocenters. The number of aliphatic hydroxyl groups excluding tert-OH is 2. The van der Waals surface area contributed by atoms with Gasteiger partial charge in [0.2, 0.25) is 0 Å². The molecule has 0 aromatic rings. The average molecular weight is 618 g/mol. The Bertz CT molecular complexity index is 772. The van der Waals surface area contributed by atoms with Crippen LogP contribution in [0.3, 0.4) is 0 Å². The first-order valence-corrected chi connectivity index (χ1v) is 9.18. The molecular weight excluding hydrogens is 604 g/mol. The van der Waals surface area contributed by atoms with Crippen molar-refractivity contribution >= 4 is 0 Å². The second-order valence-electron chi connectivity index (χ2n) is 8.05. The minimum Gasteiger partial charge on any atom is -0.390 e. The maximum Gasteiger partial charge on any atom is 0.378 e. The lowest BCUT2D eigenvalue weighted by Gasteiger charge is -2.42. The van der Waals surface area contributed by atoms with E-state index in [9.17, 15) is 87.8 Å². The molecule has 2 N–H and O–H groups in total. The van der Waals surface area contributed by atoms with Crippen molar-refractivity contribution in [1.82, 2.24) is 0 Å². The van der Waals surface area contributed by atoms with Crippen molar-refractivity contribution in [3.05, 3.63) is 0 Å². The van der Waals surface area contributed by atoms with Gasteiger partial charge in [0, 0.05) is 25.7 Å². The fourth-order valence-corrected chi connectivity index (χ4v) is 2.68.